The van der Waals surface area contributed by atoms with Crippen LogP contribution in [0.2, 0.25) is 0 Å². The maximum atomic E-state index is 7.57. The van der Waals surface area contributed by atoms with Gasteiger partial charge in [0, 0.05) is 6.61 Å². The molecule has 0 rings (SSSR count). The van der Waals surface area contributed by atoms with Crippen LogP contribution < -0.4 is 0 Å². The maximum Gasteiger partial charge on any atom is 2.00 e. The smallest absolute Gasteiger partial charge is 0.397 e. The summed E-state index contributed by atoms with van der Waals surface area (Å²) in [5.41, 5.74) is 0. The topological polar surface area (TPSA) is 20.2 Å². The van der Waals surface area contributed by atoms with E-state index in [-0.39, 0.29) is 29.7 Å². The number of rotatable bonds is 0. The molecule has 0 aliphatic carbocycles. The van der Waals surface area contributed by atoms with Crippen molar-refractivity contribution in [2.45, 2.75) is 20.8 Å². The summed E-state index contributed by atoms with van der Waals surface area (Å²) in [7, 11) is 0. The summed E-state index contributed by atoms with van der Waals surface area (Å²) in [6.07, 6.45) is 0. The third kappa shape index (κ3) is 418. The molecule has 0 saturated heterocycles. The minimum absolute atomic E-state index is 0. The first-order valence-electron chi connectivity index (χ1n) is 2.59. The van der Waals surface area contributed by atoms with Crippen molar-refractivity contribution >= 4 is 23.1 Å². The van der Waals surface area contributed by atoms with Gasteiger partial charge >= 0.3 is 23.1 Å². The molecule has 0 aliphatic heterocycles. The normalized spacial score (nSPS) is 6.75. The van der Waals surface area contributed by atoms with Crippen molar-refractivity contribution in [1.29, 1.82) is 0 Å². The molecule has 0 radical (unpaired) electrons. The first-order chi connectivity index (χ1) is 3.15. The van der Waals surface area contributed by atoms with Crippen molar-refractivity contribution in [2.24, 2.45) is 5.92 Å². The van der Waals surface area contributed by atoms with Crippen molar-refractivity contribution in [3.05, 3.63) is 6.92 Å². The van der Waals surface area contributed by atoms with Gasteiger partial charge in [-0.25, -0.2) is 0 Å². The van der Waals surface area contributed by atoms with Gasteiger partial charge in [-0.1, -0.05) is 13.8 Å². The first kappa shape index (κ1) is 15.9. The third-order valence-corrected chi connectivity index (χ3v) is 0. The molecule has 0 fully saturated rings. The molecule has 0 saturated carbocycles. The minimum Gasteiger partial charge on any atom is -0.397 e. The molecule has 8 heavy (non-hydrogen) atoms. The van der Waals surface area contributed by atoms with Crippen molar-refractivity contribution in [2.75, 3.05) is 6.61 Å². The second-order valence-electron chi connectivity index (χ2n) is 1.71. The summed E-state index contributed by atoms with van der Waals surface area (Å²) in [4.78, 5) is 0. The molecule has 0 aromatic heterocycles. The summed E-state index contributed by atoms with van der Waals surface area (Å²) in [5.74, 6) is 0.583. The van der Waals surface area contributed by atoms with E-state index in [1.807, 2.05) is 0 Å². The number of aliphatic hydroxyl groups excluding tert-OH is 1. The van der Waals surface area contributed by atoms with Crippen molar-refractivity contribution in [3.8, 4) is 0 Å². The van der Waals surface area contributed by atoms with Crippen LogP contribution in [0, 0.1) is 12.8 Å². The summed E-state index contributed by atoms with van der Waals surface area (Å²) in [6.45, 7) is 9.68. The Kier molecular flexibility index (Phi) is 31.1. The van der Waals surface area contributed by atoms with Gasteiger partial charge in [-0.05, 0) is 6.92 Å². The van der Waals surface area contributed by atoms with E-state index < -0.39 is 0 Å². The fourth-order valence-electron chi connectivity index (χ4n) is 0. The van der Waals surface area contributed by atoms with Crippen LogP contribution >= 0.6 is 0 Å². The molecule has 0 heterocycles. The Morgan fingerprint density at radius 3 is 1.50 bits per heavy atom. The molecular formula is C6H15MgO+. The van der Waals surface area contributed by atoms with E-state index >= 15 is 0 Å². The van der Waals surface area contributed by atoms with Gasteiger partial charge in [0.05, 0.1) is 0 Å². The minimum atomic E-state index is 0. The van der Waals surface area contributed by atoms with Crippen LogP contribution in [-0.2, 0) is 0 Å². The van der Waals surface area contributed by atoms with Gasteiger partial charge in [-0.15, -0.1) is 0 Å². The second kappa shape index (κ2) is 15.6. The van der Waals surface area contributed by atoms with Crippen molar-refractivity contribution < 1.29 is 5.11 Å². The Bertz CT molecular complexity index is 19.7. The van der Waals surface area contributed by atoms with Gasteiger partial charge in [-0.2, -0.15) is 5.92 Å². The molecule has 46 valence electrons. The summed E-state index contributed by atoms with van der Waals surface area (Å²) in [6, 6.07) is 0. The average Bonchev–Trinajstić information content (AvgIpc) is 1.33. The zero-order valence-corrected chi connectivity index (χ0v) is 7.56. The molecule has 2 heteroatoms. The molecule has 0 amide bonds. The second-order valence-corrected chi connectivity index (χ2v) is 1.71. The van der Waals surface area contributed by atoms with Crippen LogP contribution in [0.15, 0.2) is 0 Å². The van der Waals surface area contributed by atoms with Gasteiger partial charge in [0.2, 0.25) is 0 Å². The van der Waals surface area contributed by atoms with Gasteiger partial charge in [0.1, 0.15) is 0 Å². The molecule has 0 aromatic carbocycles. The predicted octanol–water partition coefficient (Wildman–Crippen LogP) is 1.09. The van der Waals surface area contributed by atoms with Gasteiger partial charge in [-0.3, -0.25) is 0 Å². The molecule has 0 spiro atoms. The quantitative estimate of drug-likeness (QED) is 0.382. The van der Waals surface area contributed by atoms with Gasteiger partial charge < -0.3 is 12.0 Å². The van der Waals surface area contributed by atoms with E-state index in [1.165, 1.54) is 0 Å². The predicted molar refractivity (Wildman–Crippen MR) is 38.7 cm³/mol. The van der Waals surface area contributed by atoms with E-state index in [9.17, 15) is 0 Å². The van der Waals surface area contributed by atoms with Gasteiger partial charge in [0.15, 0.2) is 0 Å². The Hall–Kier alpha value is 0.726. The Balaban J connectivity index is -0.0000000575. The molecule has 0 unspecified atom stereocenters. The maximum absolute atomic E-state index is 7.57. The molecule has 0 aromatic rings. The Morgan fingerprint density at radius 1 is 1.50 bits per heavy atom. The van der Waals surface area contributed by atoms with E-state index in [1.54, 1.807) is 6.92 Å². The monoisotopic (exact) mass is 127 g/mol. The molecule has 1 N–H and O–H groups in total. The molecule has 0 atom stereocenters. The van der Waals surface area contributed by atoms with E-state index in [0.717, 1.165) is 0 Å². The van der Waals surface area contributed by atoms with Gasteiger partial charge in [0.25, 0.3) is 0 Å². The Morgan fingerprint density at radius 2 is 1.50 bits per heavy atom. The number of hydrogen-bond donors (Lipinski definition) is 1. The van der Waals surface area contributed by atoms with Crippen molar-refractivity contribution in [3.63, 3.8) is 0 Å². The standard InChI is InChI=1S/C4H9.C2H6O.Mg/c1-4(2)3;1-2-3;/h4H,1H2,2-3H3;3H,2H2,1H3;/q-1;;+2. The molecular weight excluding hydrogens is 112 g/mol. The van der Waals surface area contributed by atoms with Crippen LogP contribution in [0.1, 0.15) is 20.8 Å². The van der Waals surface area contributed by atoms with Crippen LogP contribution in [0.5, 0.6) is 0 Å². The van der Waals surface area contributed by atoms with E-state index in [0.29, 0.717) is 5.92 Å². The van der Waals surface area contributed by atoms with Crippen molar-refractivity contribution in [1.82, 2.24) is 0 Å². The summed E-state index contributed by atoms with van der Waals surface area (Å²) >= 11 is 0. The summed E-state index contributed by atoms with van der Waals surface area (Å²) in [5, 5.41) is 7.57. The average molecular weight is 127 g/mol. The van der Waals surface area contributed by atoms with E-state index in [4.69, 9.17) is 5.11 Å². The SMILES string of the molecule is CCO.[CH2-]C(C)C.[Mg+2]. The summed E-state index contributed by atoms with van der Waals surface area (Å²) < 4.78 is 0. The molecule has 0 bridgehead atoms. The third-order valence-electron chi connectivity index (χ3n) is 0. The largest absolute Gasteiger partial charge is 2.00 e. The first-order valence-corrected chi connectivity index (χ1v) is 2.59. The molecule has 1 nitrogen and oxygen atoms in total. The van der Waals surface area contributed by atoms with Crippen LogP contribution in [0.3, 0.4) is 0 Å². The molecule has 0 aliphatic rings. The van der Waals surface area contributed by atoms with Crippen LogP contribution in [-0.4, -0.2) is 34.8 Å². The fraction of sp³-hybridized carbons (Fsp3) is 0.833. The Labute approximate surface area is 68.6 Å². The fourth-order valence-corrected chi connectivity index (χ4v) is 0. The number of hydrogen-bond acceptors (Lipinski definition) is 1. The van der Waals surface area contributed by atoms with Crippen LogP contribution in [0.25, 0.3) is 0 Å². The zero-order valence-electron chi connectivity index (χ0n) is 6.15. The zero-order chi connectivity index (χ0) is 6.28. The van der Waals surface area contributed by atoms with E-state index in [2.05, 4.69) is 20.8 Å². The number of aliphatic hydroxyl groups is 1. The van der Waals surface area contributed by atoms with Crippen LogP contribution in [0.4, 0.5) is 0 Å².